The third-order valence-electron chi connectivity index (χ3n) is 3.57. The monoisotopic (exact) mass is 278 g/mol. The number of hydrogen-bond donors (Lipinski definition) is 1. The summed E-state index contributed by atoms with van der Waals surface area (Å²) >= 11 is 0. The molecule has 1 N–H and O–H groups in total. The molecule has 1 aliphatic heterocycles. The molecule has 0 unspecified atom stereocenters. The average molecular weight is 278 g/mol. The van der Waals surface area contributed by atoms with Gasteiger partial charge in [-0.15, -0.1) is 0 Å². The Morgan fingerprint density at radius 3 is 2.90 bits per heavy atom. The molecule has 2 heterocycles. The number of pyridine rings is 1. The van der Waals surface area contributed by atoms with E-state index in [1.807, 2.05) is 30.5 Å². The third-order valence-corrected chi connectivity index (χ3v) is 3.57. The number of anilines is 1. The van der Waals surface area contributed by atoms with Crippen molar-refractivity contribution in [2.75, 3.05) is 12.1 Å². The molecule has 0 radical (unpaired) electrons. The number of rotatable bonds is 3. The summed E-state index contributed by atoms with van der Waals surface area (Å²) in [7, 11) is 0. The zero-order valence-electron chi connectivity index (χ0n) is 11.4. The van der Waals surface area contributed by atoms with Crippen molar-refractivity contribution >= 4 is 16.6 Å². The first kappa shape index (κ1) is 12.0. The van der Waals surface area contributed by atoms with E-state index >= 15 is 0 Å². The van der Waals surface area contributed by atoms with Crippen LogP contribution in [0.25, 0.3) is 10.9 Å². The molecule has 0 fully saturated rings. The van der Waals surface area contributed by atoms with Crippen molar-refractivity contribution in [2.45, 2.75) is 6.54 Å². The van der Waals surface area contributed by atoms with E-state index in [1.54, 1.807) is 0 Å². The molecule has 1 aliphatic rings. The van der Waals surface area contributed by atoms with Crippen LogP contribution in [0.1, 0.15) is 5.56 Å². The second-order valence-electron chi connectivity index (χ2n) is 4.91. The van der Waals surface area contributed by atoms with Crippen molar-refractivity contribution in [3.8, 4) is 11.5 Å². The lowest BCUT2D eigenvalue weighted by molar-refractivity contribution is 0.174. The summed E-state index contributed by atoms with van der Waals surface area (Å²) in [5, 5.41) is 4.56. The van der Waals surface area contributed by atoms with Crippen molar-refractivity contribution in [2.24, 2.45) is 0 Å². The first-order valence-electron chi connectivity index (χ1n) is 6.86. The van der Waals surface area contributed by atoms with Crippen LogP contribution in [-0.2, 0) is 6.54 Å². The highest BCUT2D eigenvalue weighted by molar-refractivity contribution is 5.81. The van der Waals surface area contributed by atoms with Gasteiger partial charge in [0, 0.05) is 29.9 Å². The molecule has 104 valence electrons. The lowest BCUT2D eigenvalue weighted by Crippen LogP contribution is -2.00. The van der Waals surface area contributed by atoms with Crippen LogP contribution in [-0.4, -0.2) is 11.8 Å². The largest absolute Gasteiger partial charge is 0.454 e. The Kier molecular flexibility index (Phi) is 2.85. The quantitative estimate of drug-likeness (QED) is 0.795. The van der Waals surface area contributed by atoms with Crippen molar-refractivity contribution in [1.82, 2.24) is 4.98 Å². The zero-order chi connectivity index (χ0) is 14.1. The highest BCUT2D eigenvalue weighted by Gasteiger charge is 2.13. The Balaban J connectivity index is 1.58. The molecule has 0 spiro atoms. The maximum Gasteiger partial charge on any atom is 0.231 e. The number of nitrogens with zero attached hydrogens (tertiary/aromatic N) is 1. The van der Waals surface area contributed by atoms with Crippen LogP contribution in [0.5, 0.6) is 11.5 Å². The first-order chi connectivity index (χ1) is 10.4. The van der Waals surface area contributed by atoms with E-state index in [1.165, 1.54) is 5.56 Å². The second-order valence-corrected chi connectivity index (χ2v) is 4.91. The Bertz CT molecular complexity index is 796. The lowest BCUT2D eigenvalue weighted by atomic mass is 10.1. The van der Waals surface area contributed by atoms with Crippen LogP contribution in [0.3, 0.4) is 0 Å². The van der Waals surface area contributed by atoms with Gasteiger partial charge in [0.25, 0.3) is 0 Å². The molecule has 0 bridgehead atoms. The Morgan fingerprint density at radius 2 is 1.90 bits per heavy atom. The predicted molar refractivity (Wildman–Crippen MR) is 81.6 cm³/mol. The van der Waals surface area contributed by atoms with Crippen molar-refractivity contribution in [1.29, 1.82) is 0 Å². The number of fused-ring (bicyclic) bond motifs is 2. The molecule has 0 saturated carbocycles. The standard InChI is InChI=1S/C17H14N2O2/c1-3-12-5-2-8-18-17(12)13(4-1)10-19-14-6-7-15-16(9-14)21-11-20-15/h1-9,19H,10-11H2. The van der Waals surface area contributed by atoms with Crippen LogP contribution in [0.15, 0.2) is 54.7 Å². The van der Waals surface area contributed by atoms with E-state index in [0.29, 0.717) is 13.3 Å². The highest BCUT2D eigenvalue weighted by atomic mass is 16.7. The van der Waals surface area contributed by atoms with Gasteiger partial charge in [-0.1, -0.05) is 24.3 Å². The molecule has 0 atom stereocenters. The third kappa shape index (κ3) is 2.25. The van der Waals surface area contributed by atoms with Gasteiger partial charge >= 0.3 is 0 Å². The molecule has 0 amide bonds. The molecular weight excluding hydrogens is 264 g/mol. The molecule has 2 aromatic carbocycles. The van der Waals surface area contributed by atoms with Gasteiger partial charge in [-0.05, 0) is 23.8 Å². The van der Waals surface area contributed by atoms with Crippen LogP contribution in [0.2, 0.25) is 0 Å². The molecular formula is C17H14N2O2. The highest BCUT2D eigenvalue weighted by Crippen LogP contribution is 2.34. The summed E-state index contributed by atoms with van der Waals surface area (Å²) < 4.78 is 10.7. The van der Waals surface area contributed by atoms with E-state index in [9.17, 15) is 0 Å². The minimum atomic E-state index is 0.298. The number of ether oxygens (including phenoxy) is 2. The summed E-state index contributed by atoms with van der Waals surface area (Å²) in [6, 6.07) is 16.1. The van der Waals surface area contributed by atoms with Gasteiger partial charge in [0.2, 0.25) is 6.79 Å². The number of nitrogens with one attached hydrogen (secondary N) is 1. The van der Waals surface area contributed by atoms with Crippen LogP contribution in [0.4, 0.5) is 5.69 Å². The van der Waals surface area contributed by atoms with Gasteiger partial charge in [-0.3, -0.25) is 4.98 Å². The Labute approximate surface area is 122 Å². The minimum Gasteiger partial charge on any atom is -0.454 e. The second kappa shape index (κ2) is 4.98. The average Bonchev–Trinajstić information content (AvgIpc) is 3.00. The molecule has 4 rings (SSSR count). The topological polar surface area (TPSA) is 43.4 Å². The maximum atomic E-state index is 5.39. The summed E-state index contributed by atoms with van der Waals surface area (Å²) in [6.45, 7) is 1.01. The number of hydrogen-bond acceptors (Lipinski definition) is 4. The number of aromatic nitrogens is 1. The molecule has 0 saturated heterocycles. The first-order valence-corrected chi connectivity index (χ1v) is 6.86. The molecule has 21 heavy (non-hydrogen) atoms. The van der Waals surface area contributed by atoms with Gasteiger partial charge in [0.1, 0.15) is 0 Å². The van der Waals surface area contributed by atoms with Crippen molar-refractivity contribution < 1.29 is 9.47 Å². The predicted octanol–water partition coefficient (Wildman–Crippen LogP) is 3.58. The van der Waals surface area contributed by atoms with Crippen molar-refractivity contribution in [3.05, 3.63) is 60.3 Å². The smallest absolute Gasteiger partial charge is 0.231 e. The van der Waals surface area contributed by atoms with E-state index in [-0.39, 0.29) is 0 Å². The van der Waals surface area contributed by atoms with E-state index in [4.69, 9.17) is 9.47 Å². The van der Waals surface area contributed by atoms with E-state index in [2.05, 4.69) is 34.6 Å². The summed E-state index contributed by atoms with van der Waals surface area (Å²) in [4.78, 5) is 4.47. The number of para-hydroxylation sites is 1. The van der Waals surface area contributed by atoms with Crippen LogP contribution in [0, 0.1) is 0 Å². The fraction of sp³-hybridized carbons (Fsp3) is 0.118. The Hall–Kier alpha value is -2.75. The fourth-order valence-electron chi connectivity index (χ4n) is 2.51. The summed E-state index contributed by atoms with van der Waals surface area (Å²) in [6.07, 6.45) is 1.83. The van der Waals surface area contributed by atoms with Gasteiger partial charge in [0.15, 0.2) is 11.5 Å². The minimum absolute atomic E-state index is 0.298. The van der Waals surface area contributed by atoms with Gasteiger partial charge in [-0.25, -0.2) is 0 Å². The summed E-state index contributed by atoms with van der Waals surface area (Å²) in [5.74, 6) is 1.59. The normalized spacial score (nSPS) is 12.6. The number of benzene rings is 2. The van der Waals surface area contributed by atoms with Crippen LogP contribution < -0.4 is 14.8 Å². The van der Waals surface area contributed by atoms with Crippen LogP contribution >= 0.6 is 0 Å². The molecule has 4 heteroatoms. The lowest BCUT2D eigenvalue weighted by Gasteiger charge is -2.09. The zero-order valence-corrected chi connectivity index (χ0v) is 11.4. The van der Waals surface area contributed by atoms with Gasteiger partial charge in [-0.2, -0.15) is 0 Å². The summed E-state index contributed by atoms with van der Waals surface area (Å²) in [5.41, 5.74) is 3.21. The van der Waals surface area contributed by atoms with E-state index < -0.39 is 0 Å². The molecule has 3 aromatic rings. The molecule has 1 aromatic heterocycles. The van der Waals surface area contributed by atoms with E-state index in [0.717, 1.165) is 28.1 Å². The molecule has 4 nitrogen and oxygen atoms in total. The Morgan fingerprint density at radius 1 is 1.00 bits per heavy atom. The maximum absolute atomic E-state index is 5.39. The molecule has 0 aliphatic carbocycles. The fourth-order valence-corrected chi connectivity index (χ4v) is 2.51. The van der Waals surface area contributed by atoms with Gasteiger partial charge in [0.05, 0.1) is 5.52 Å². The van der Waals surface area contributed by atoms with Crippen molar-refractivity contribution in [3.63, 3.8) is 0 Å². The van der Waals surface area contributed by atoms with Gasteiger partial charge < -0.3 is 14.8 Å². The SMILES string of the molecule is c1cnc2c(CNc3ccc4c(c3)OCO4)cccc2c1.